The van der Waals surface area contributed by atoms with E-state index in [1.807, 2.05) is 61.2 Å². The van der Waals surface area contributed by atoms with Crippen LogP contribution in [0.15, 0.2) is 54.6 Å². The maximum atomic E-state index is 13.3. The predicted octanol–water partition coefficient (Wildman–Crippen LogP) is 4.02. The second-order valence-corrected chi connectivity index (χ2v) is 8.39. The number of carbonyl (C=O) groups excluding carboxylic acids is 1. The summed E-state index contributed by atoms with van der Waals surface area (Å²) in [7, 11) is 0. The molecule has 2 aromatic heterocycles. The van der Waals surface area contributed by atoms with Crippen LogP contribution in [0.4, 0.5) is 5.69 Å². The fourth-order valence-corrected chi connectivity index (χ4v) is 4.44. The van der Waals surface area contributed by atoms with E-state index in [-0.39, 0.29) is 5.91 Å². The quantitative estimate of drug-likeness (QED) is 0.475. The molecule has 0 radical (unpaired) electrons. The molecule has 8 heteroatoms. The first-order valence-corrected chi connectivity index (χ1v) is 11.0. The van der Waals surface area contributed by atoms with Crippen molar-refractivity contribution in [1.29, 1.82) is 0 Å². The molecule has 2 aromatic carbocycles. The van der Waals surface area contributed by atoms with E-state index >= 15 is 0 Å². The SMILES string of the molecule is Cc1nn2c(C)c(C(=O)N3CCN(c4ccccc4)CC3)nnc2c1-c1cccc(Cl)c1. The number of hydrogen-bond acceptors (Lipinski definition) is 5. The van der Waals surface area contributed by atoms with Gasteiger partial charge in [-0.05, 0) is 43.7 Å². The van der Waals surface area contributed by atoms with Crippen molar-refractivity contribution in [2.24, 2.45) is 0 Å². The Morgan fingerprint density at radius 3 is 2.41 bits per heavy atom. The molecule has 0 atom stereocenters. The van der Waals surface area contributed by atoms with E-state index in [4.69, 9.17) is 11.6 Å². The number of para-hydroxylation sites is 1. The minimum Gasteiger partial charge on any atom is -0.368 e. The van der Waals surface area contributed by atoms with E-state index in [9.17, 15) is 4.79 Å². The minimum absolute atomic E-state index is 0.109. The standard InChI is InChI=1S/C24H23ClN6O/c1-16-21(18-7-6-8-19(25)15-18)23-27-26-22(17(2)31(23)28-16)24(32)30-13-11-29(12-14-30)20-9-4-3-5-10-20/h3-10,15H,11-14H2,1-2H3. The van der Waals surface area contributed by atoms with Crippen molar-refractivity contribution < 1.29 is 4.79 Å². The summed E-state index contributed by atoms with van der Waals surface area (Å²) in [6.07, 6.45) is 0. The third-order valence-electron chi connectivity index (χ3n) is 5.95. The zero-order valence-electron chi connectivity index (χ0n) is 18.0. The lowest BCUT2D eigenvalue weighted by Crippen LogP contribution is -2.49. The van der Waals surface area contributed by atoms with Gasteiger partial charge in [0.05, 0.1) is 17.0 Å². The van der Waals surface area contributed by atoms with Gasteiger partial charge in [0.1, 0.15) is 0 Å². The fourth-order valence-electron chi connectivity index (χ4n) is 4.25. The topological polar surface area (TPSA) is 66.6 Å². The Morgan fingerprint density at radius 1 is 0.938 bits per heavy atom. The molecule has 0 N–H and O–H groups in total. The number of aromatic nitrogens is 4. The number of halogens is 1. The monoisotopic (exact) mass is 446 g/mol. The van der Waals surface area contributed by atoms with E-state index in [0.29, 0.717) is 35.1 Å². The average Bonchev–Trinajstić information content (AvgIpc) is 3.16. The van der Waals surface area contributed by atoms with Gasteiger partial charge in [0, 0.05) is 36.9 Å². The van der Waals surface area contributed by atoms with Gasteiger partial charge >= 0.3 is 0 Å². The molecule has 3 heterocycles. The smallest absolute Gasteiger partial charge is 0.276 e. The molecule has 0 aliphatic carbocycles. The number of carbonyl (C=O) groups is 1. The van der Waals surface area contributed by atoms with Crippen LogP contribution in [0, 0.1) is 13.8 Å². The zero-order chi connectivity index (χ0) is 22.2. The van der Waals surface area contributed by atoms with E-state index in [2.05, 4.69) is 32.3 Å². The Balaban J connectivity index is 1.42. The lowest BCUT2D eigenvalue weighted by Gasteiger charge is -2.36. The molecule has 0 bridgehead atoms. The highest BCUT2D eigenvalue weighted by Gasteiger charge is 2.27. The van der Waals surface area contributed by atoms with Crippen molar-refractivity contribution in [3.05, 3.63) is 76.7 Å². The van der Waals surface area contributed by atoms with Gasteiger partial charge in [-0.2, -0.15) is 5.10 Å². The normalized spacial score (nSPS) is 14.2. The number of benzene rings is 2. The van der Waals surface area contributed by atoms with Crippen molar-refractivity contribution >= 4 is 28.8 Å². The summed E-state index contributed by atoms with van der Waals surface area (Å²) < 4.78 is 1.71. The van der Waals surface area contributed by atoms with Crippen LogP contribution < -0.4 is 4.90 Å². The van der Waals surface area contributed by atoms with E-state index < -0.39 is 0 Å². The number of rotatable bonds is 3. The molecule has 1 amide bonds. The van der Waals surface area contributed by atoms with Crippen LogP contribution in [-0.4, -0.2) is 56.8 Å². The van der Waals surface area contributed by atoms with Gasteiger partial charge in [-0.1, -0.05) is 41.9 Å². The molecule has 1 aliphatic heterocycles. The predicted molar refractivity (Wildman–Crippen MR) is 125 cm³/mol. The molecule has 0 unspecified atom stereocenters. The third-order valence-corrected chi connectivity index (χ3v) is 6.18. The van der Waals surface area contributed by atoms with Crippen LogP contribution in [0.3, 0.4) is 0 Å². The summed E-state index contributed by atoms with van der Waals surface area (Å²) in [5.41, 5.74) is 5.43. The molecule has 4 aromatic rings. The summed E-state index contributed by atoms with van der Waals surface area (Å²) >= 11 is 6.18. The maximum Gasteiger partial charge on any atom is 0.276 e. The molecule has 7 nitrogen and oxygen atoms in total. The molecule has 1 saturated heterocycles. The lowest BCUT2D eigenvalue weighted by atomic mass is 10.1. The Morgan fingerprint density at radius 2 is 1.69 bits per heavy atom. The lowest BCUT2D eigenvalue weighted by molar-refractivity contribution is 0.0738. The number of anilines is 1. The Hall–Kier alpha value is -3.45. The molecular formula is C24H23ClN6O. The van der Waals surface area contributed by atoms with Crippen LogP contribution in [-0.2, 0) is 0 Å². The largest absolute Gasteiger partial charge is 0.368 e. The molecule has 0 spiro atoms. The van der Waals surface area contributed by atoms with Crippen molar-refractivity contribution in [3.63, 3.8) is 0 Å². The van der Waals surface area contributed by atoms with Crippen molar-refractivity contribution in [3.8, 4) is 11.1 Å². The fraction of sp³-hybridized carbons (Fsp3) is 0.250. The van der Waals surface area contributed by atoms with Crippen LogP contribution in [0.5, 0.6) is 0 Å². The summed E-state index contributed by atoms with van der Waals surface area (Å²) in [5, 5.41) is 14.0. The first-order chi connectivity index (χ1) is 15.5. The van der Waals surface area contributed by atoms with Gasteiger partial charge in [-0.15, -0.1) is 10.2 Å². The van der Waals surface area contributed by atoms with Crippen LogP contribution in [0.1, 0.15) is 21.9 Å². The first kappa shape index (κ1) is 20.5. The van der Waals surface area contributed by atoms with Gasteiger partial charge in [0.15, 0.2) is 11.3 Å². The van der Waals surface area contributed by atoms with Gasteiger partial charge in [-0.3, -0.25) is 4.79 Å². The highest BCUT2D eigenvalue weighted by atomic mass is 35.5. The van der Waals surface area contributed by atoms with Gasteiger partial charge in [-0.25, -0.2) is 4.52 Å². The summed E-state index contributed by atoms with van der Waals surface area (Å²) in [6.45, 7) is 6.63. The molecule has 0 saturated carbocycles. The summed E-state index contributed by atoms with van der Waals surface area (Å²) in [4.78, 5) is 17.4. The zero-order valence-corrected chi connectivity index (χ0v) is 18.8. The molecule has 5 rings (SSSR count). The number of amides is 1. The third kappa shape index (κ3) is 3.58. The Kier molecular flexibility index (Phi) is 5.27. The number of fused-ring (bicyclic) bond motifs is 1. The average molecular weight is 447 g/mol. The maximum absolute atomic E-state index is 13.3. The van der Waals surface area contributed by atoms with E-state index in [1.54, 1.807) is 4.52 Å². The highest BCUT2D eigenvalue weighted by Crippen LogP contribution is 2.29. The van der Waals surface area contributed by atoms with Crippen molar-refractivity contribution in [1.82, 2.24) is 24.7 Å². The minimum atomic E-state index is -0.109. The van der Waals surface area contributed by atoms with Crippen molar-refractivity contribution in [2.75, 3.05) is 31.1 Å². The Labute approximate surface area is 191 Å². The van der Waals surface area contributed by atoms with E-state index in [0.717, 1.165) is 29.9 Å². The molecule has 32 heavy (non-hydrogen) atoms. The number of piperazine rings is 1. The summed E-state index contributed by atoms with van der Waals surface area (Å²) in [6, 6.07) is 17.8. The molecule has 162 valence electrons. The van der Waals surface area contributed by atoms with Crippen LogP contribution in [0.2, 0.25) is 5.02 Å². The number of aryl methyl sites for hydroxylation is 2. The molecule has 1 aliphatic rings. The summed E-state index contributed by atoms with van der Waals surface area (Å²) in [5.74, 6) is -0.109. The number of hydrogen-bond donors (Lipinski definition) is 0. The number of nitrogens with zero attached hydrogens (tertiary/aromatic N) is 6. The second-order valence-electron chi connectivity index (χ2n) is 7.95. The van der Waals surface area contributed by atoms with Crippen LogP contribution >= 0.6 is 11.6 Å². The van der Waals surface area contributed by atoms with Crippen LogP contribution in [0.25, 0.3) is 16.8 Å². The second kappa shape index (κ2) is 8.24. The highest BCUT2D eigenvalue weighted by molar-refractivity contribution is 6.30. The van der Waals surface area contributed by atoms with Gasteiger partial charge < -0.3 is 9.80 Å². The van der Waals surface area contributed by atoms with Gasteiger partial charge in [0.2, 0.25) is 0 Å². The van der Waals surface area contributed by atoms with E-state index in [1.165, 1.54) is 5.69 Å². The van der Waals surface area contributed by atoms with Crippen molar-refractivity contribution in [2.45, 2.75) is 13.8 Å². The van der Waals surface area contributed by atoms with Gasteiger partial charge in [0.25, 0.3) is 5.91 Å². The molecule has 1 fully saturated rings. The molecular weight excluding hydrogens is 424 g/mol. The Bertz CT molecular complexity index is 1290. The first-order valence-electron chi connectivity index (χ1n) is 10.6.